The maximum Gasteiger partial charge on any atom is 0.308 e. The molecule has 82 valence electrons. The van der Waals surface area contributed by atoms with Crippen molar-refractivity contribution in [1.82, 2.24) is 0 Å². The highest BCUT2D eigenvalue weighted by Gasteiger charge is 2.15. The van der Waals surface area contributed by atoms with Crippen LogP contribution in [0.1, 0.15) is 33.6 Å². The molecule has 0 aromatic rings. The van der Waals surface area contributed by atoms with Gasteiger partial charge in [0.1, 0.15) is 0 Å². The first-order chi connectivity index (χ1) is 6.61. The molecule has 1 atom stereocenters. The lowest BCUT2D eigenvalue weighted by Gasteiger charge is -2.09. The molecule has 0 unspecified atom stereocenters. The van der Waals surface area contributed by atoms with Crippen LogP contribution in [0.4, 0.5) is 0 Å². The van der Waals surface area contributed by atoms with Crippen molar-refractivity contribution in [1.29, 1.82) is 0 Å². The van der Waals surface area contributed by atoms with E-state index in [0.29, 0.717) is 19.6 Å². The normalized spacial score (nSPS) is 11.9. The Hall–Kier alpha value is -1.06. The van der Waals surface area contributed by atoms with E-state index in [1.54, 1.807) is 20.8 Å². The Morgan fingerprint density at radius 3 is 2.21 bits per heavy atom. The topological polar surface area (TPSA) is 52.6 Å². The molecule has 0 aliphatic rings. The van der Waals surface area contributed by atoms with Gasteiger partial charge in [-0.25, -0.2) is 0 Å². The molecule has 0 saturated carbocycles. The Labute approximate surface area is 84.6 Å². The molecule has 0 radical (unpaired) electrons. The quantitative estimate of drug-likeness (QED) is 0.613. The van der Waals surface area contributed by atoms with Gasteiger partial charge in [-0.3, -0.25) is 9.59 Å². The third-order valence-corrected chi connectivity index (χ3v) is 1.78. The first-order valence-corrected chi connectivity index (χ1v) is 4.94. The van der Waals surface area contributed by atoms with Gasteiger partial charge >= 0.3 is 11.9 Å². The van der Waals surface area contributed by atoms with Gasteiger partial charge in [0.05, 0.1) is 19.1 Å². The van der Waals surface area contributed by atoms with Crippen LogP contribution in [0.3, 0.4) is 0 Å². The highest BCUT2D eigenvalue weighted by atomic mass is 16.5. The zero-order valence-corrected chi connectivity index (χ0v) is 9.04. The number of hydrogen-bond donors (Lipinski definition) is 0. The smallest absolute Gasteiger partial charge is 0.308 e. The molecule has 0 aliphatic heterocycles. The molecule has 4 nitrogen and oxygen atoms in total. The molecule has 4 heteroatoms. The van der Waals surface area contributed by atoms with Crippen molar-refractivity contribution in [3.05, 3.63) is 0 Å². The van der Waals surface area contributed by atoms with Crippen LogP contribution in [0, 0.1) is 5.92 Å². The van der Waals surface area contributed by atoms with Gasteiger partial charge in [0, 0.05) is 6.42 Å². The van der Waals surface area contributed by atoms with E-state index in [9.17, 15) is 9.59 Å². The Morgan fingerprint density at radius 2 is 1.71 bits per heavy atom. The van der Waals surface area contributed by atoms with Crippen LogP contribution < -0.4 is 0 Å². The predicted molar refractivity (Wildman–Crippen MR) is 51.7 cm³/mol. The van der Waals surface area contributed by atoms with Gasteiger partial charge in [-0.2, -0.15) is 0 Å². The fourth-order valence-corrected chi connectivity index (χ4v) is 0.970. The van der Waals surface area contributed by atoms with E-state index in [2.05, 4.69) is 0 Å². The number of esters is 2. The minimum absolute atomic E-state index is 0.237. The molecule has 0 rings (SSSR count). The van der Waals surface area contributed by atoms with E-state index in [1.807, 2.05) is 0 Å². The van der Waals surface area contributed by atoms with E-state index in [-0.39, 0.29) is 24.3 Å². The standard InChI is InChI=1S/C10H18O4/c1-4-13-9(11)7-6-8(3)10(12)14-5-2/h8H,4-7H2,1-3H3/t8-/m1/s1. The number of carbonyl (C=O) groups excluding carboxylic acids is 2. The highest BCUT2D eigenvalue weighted by molar-refractivity contribution is 5.74. The van der Waals surface area contributed by atoms with Crippen molar-refractivity contribution >= 4 is 11.9 Å². The molecule has 0 aromatic carbocycles. The zero-order valence-electron chi connectivity index (χ0n) is 9.04. The minimum Gasteiger partial charge on any atom is -0.466 e. The second-order valence-electron chi connectivity index (χ2n) is 3.00. The Kier molecular flexibility index (Phi) is 6.80. The van der Waals surface area contributed by atoms with Crippen molar-refractivity contribution in [2.45, 2.75) is 33.6 Å². The molecule has 0 heterocycles. The van der Waals surface area contributed by atoms with Gasteiger partial charge in [-0.1, -0.05) is 6.92 Å². The second-order valence-corrected chi connectivity index (χ2v) is 3.00. The summed E-state index contributed by atoms with van der Waals surface area (Å²) in [6, 6.07) is 0. The van der Waals surface area contributed by atoms with Crippen molar-refractivity contribution in [3.63, 3.8) is 0 Å². The molecule has 0 bridgehead atoms. The first-order valence-electron chi connectivity index (χ1n) is 4.94. The van der Waals surface area contributed by atoms with Crippen molar-refractivity contribution in [3.8, 4) is 0 Å². The van der Waals surface area contributed by atoms with Crippen molar-refractivity contribution in [2.24, 2.45) is 5.92 Å². The number of carbonyl (C=O) groups is 2. The number of hydrogen-bond acceptors (Lipinski definition) is 4. The first kappa shape index (κ1) is 12.9. The molecule has 0 saturated heterocycles. The molecular formula is C10H18O4. The van der Waals surface area contributed by atoms with E-state index >= 15 is 0 Å². The number of rotatable bonds is 6. The Morgan fingerprint density at radius 1 is 1.14 bits per heavy atom. The maximum atomic E-state index is 11.1. The van der Waals surface area contributed by atoms with Gasteiger partial charge < -0.3 is 9.47 Å². The summed E-state index contributed by atoms with van der Waals surface area (Å²) in [5, 5.41) is 0. The minimum atomic E-state index is -0.261. The van der Waals surface area contributed by atoms with Crippen LogP contribution >= 0.6 is 0 Å². The van der Waals surface area contributed by atoms with Gasteiger partial charge in [-0.15, -0.1) is 0 Å². The lowest BCUT2D eigenvalue weighted by Crippen LogP contribution is -2.16. The third kappa shape index (κ3) is 5.56. The van der Waals surface area contributed by atoms with Crippen LogP contribution in [0.2, 0.25) is 0 Å². The monoisotopic (exact) mass is 202 g/mol. The highest BCUT2D eigenvalue weighted by Crippen LogP contribution is 2.08. The lowest BCUT2D eigenvalue weighted by molar-refractivity contribution is -0.148. The molecular weight excluding hydrogens is 184 g/mol. The summed E-state index contributed by atoms with van der Waals surface area (Å²) in [6.07, 6.45) is 0.755. The largest absolute Gasteiger partial charge is 0.466 e. The predicted octanol–water partition coefficient (Wildman–Crippen LogP) is 1.53. The van der Waals surface area contributed by atoms with Crippen LogP contribution in [0.15, 0.2) is 0 Å². The summed E-state index contributed by atoms with van der Waals surface area (Å²) < 4.78 is 9.55. The molecule has 0 aliphatic carbocycles. The van der Waals surface area contributed by atoms with Crippen LogP contribution in [-0.2, 0) is 19.1 Å². The Balaban J connectivity index is 3.67. The van der Waals surface area contributed by atoms with Crippen molar-refractivity contribution < 1.29 is 19.1 Å². The average molecular weight is 202 g/mol. The summed E-state index contributed by atoms with van der Waals surface area (Å²) >= 11 is 0. The van der Waals surface area contributed by atoms with Crippen LogP contribution in [-0.4, -0.2) is 25.2 Å². The van der Waals surface area contributed by atoms with E-state index in [4.69, 9.17) is 9.47 Å². The van der Waals surface area contributed by atoms with Gasteiger partial charge in [-0.05, 0) is 20.3 Å². The number of ether oxygens (including phenoxy) is 2. The molecule has 0 spiro atoms. The molecule has 0 amide bonds. The fraction of sp³-hybridized carbons (Fsp3) is 0.800. The summed E-state index contributed by atoms with van der Waals surface area (Å²) in [7, 11) is 0. The van der Waals surface area contributed by atoms with E-state index in [1.165, 1.54) is 0 Å². The second kappa shape index (κ2) is 7.35. The summed E-state index contributed by atoms with van der Waals surface area (Å²) in [4.78, 5) is 22.1. The van der Waals surface area contributed by atoms with Gasteiger partial charge in [0.2, 0.25) is 0 Å². The van der Waals surface area contributed by atoms with Crippen LogP contribution in [0.5, 0.6) is 0 Å². The summed E-state index contributed by atoms with van der Waals surface area (Å²) in [5.74, 6) is -0.750. The maximum absolute atomic E-state index is 11.1. The van der Waals surface area contributed by atoms with Crippen molar-refractivity contribution in [2.75, 3.05) is 13.2 Å². The lowest BCUT2D eigenvalue weighted by atomic mass is 10.1. The SMILES string of the molecule is CCOC(=O)CC[C@@H](C)C(=O)OCC. The average Bonchev–Trinajstić information content (AvgIpc) is 2.15. The molecule has 14 heavy (non-hydrogen) atoms. The van der Waals surface area contributed by atoms with E-state index in [0.717, 1.165) is 0 Å². The molecule has 0 aromatic heterocycles. The fourth-order valence-electron chi connectivity index (χ4n) is 0.970. The van der Waals surface area contributed by atoms with Crippen LogP contribution in [0.25, 0.3) is 0 Å². The van der Waals surface area contributed by atoms with Gasteiger partial charge in [0.25, 0.3) is 0 Å². The van der Waals surface area contributed by atoms with Gasteiger partial charge in [0.15, 0.2) is 0 Å². The Bertz CT molecular complexity index is 189. The summed E-state index contributed by atoms with van der Waals surface area (Å²) in [5.41, 5.74) is 0. The third-order valence-electron chi connectivity index (χ3n) is 1.78. The zero-order chi connectivity index (χ0) is 11.0. The molecule has 0 N–H and O–H groups in total. The van der Waals surface area contributed by atoms with E-state index < -0.39 is 0 Å². The summed E-state index contributed by atoms with van der Waals surface area (Å²) in [6.45, 7) is 6.02. The molecule has 0 fully saturated rings.